The second kappa shape index (κ2) is 4.65. The smallest absolute Gasteiger partial charge is 0.169 e. The molecular formula is C11H14O3. The van der Waals surface area contributed by atoms with Gasteiger partial charge in [0.05, 0.1) is 7.11 Å². The summed E-state index contributed by atoms with van der Waals surface area (Å²) in [7, 11) is 1.61. The molecule has 1 aromatic rings. The molecule has 0 saturated heterocycles. The lowest BCUT2D eigenvalue weighted by atomic mass is 10.3. The van der Waals surface area contributed by atoms with Crippen molar-refractivity contribution in [3.63, 3.8) is 0 Å². The van der Waals surface area contributed by atoms with Gasteiger partial charge in [-0.05, 0) is 38.1 Å². The Bertz CT molecular complexity index is 303. The molecule has 3 heteroatoms. The Morgan fingerprint density at radius 2 is 1.71 bits per heavy atom. The molecule has 0 aromatic heterocycles. The van der Waals surface area contributed by atoms with Gasteiger partial charge in [0.1, 0.15) is 11.5 Å². The number of hydrogen-bond donors (Lipinski definition) is 0. The van der Waals surface area contributed by atoms with Gasteiger partial charge in [-0.3, -0.25) is 4.79 Å². The summed E-state index contributed by atoms with van der Waals surface area (Å²) in [6, 6.07) is 7.14. The number of rotatable bonds is 4. The van der Waals surface area contributed by atoms with Gasteiger partial charge >= 0.3 is 0 Å². The maximum Gasteiger partial charge on any atom is 0.169 e. The van der Waals surface area contributed by atoms with E-state index in [9.17, 15) is 4.79 Å². The quantitative estimate of drug-likeness (QED) is 0.735. The summed E-state index contributed by atoms with van der Waals surface area (Å²) >= 11 is 0. The molecule has 0 aliphatic rings. The fourth-order valence-electron chi connectivity index (χ4n) is 0.941. The first-order chi connectivity index (χ1) is 6.63. The van der Waals surface area contributed by atoms with Crippen LogP contribution in [0.1, 0.15) is 13.8 Å². The van der Waals surface area contributed by atoms with Crippen LogP contribution in [0.4, 0.5) is 0 Å². The Labute approximate surface area is 83.6 Å². The summed E-state index contributed by atoms with van der Waals surface area (Å²) < 4.78 is 10.4. The van der Waals surface area contributed by atoms with Crippen LogP contribution in [0.25, 0.3) is 0 Å². The summed E-state index contributed by atoms with van der Waals surface area (Å²) in [6.45, 7) is 3.24. The molecule has 1 unspecified atom stereocenters. The number of ketones is 1. The van der Waals surface area contributed by atoms with Crippen LogP contribution in [-0.4, -0.2) is 19.0 Å². The van der Waals surface area contributed by atoms with Gasteiger partial charge in [-0.1, -0.05) is 0 Å². The highest BCUT2D eigenvalue weighted by Crippen LogP contribution is 2.18. The zero-order valence-electron chi connectivity index (χ0n) is 8.61. The van der Waals surface area contributed by atoms with Gasteiger partial charge in [0.25, 0.3) is 0 Å². The largest absolute Gasteiger partial charge is 0.497 e. The summed E-state index contributed by atoms with van der Waals surface area (Å²) in [6.07, 6.45) is -0.400. The SMILES string of the molecule is COc1ccc(OC(C)C(C)=O)cc1. The van der Waals surface area contributed by atoms with Gasteiger partial charge in [0.15, 0.2) is 11.9 Å². The number of benzene rings is 1. The van der Waals surface area contributed by atoms with Crippen molar-refractivity contribution in [3.8, 4) is 11.5 Å². The van der Waals surface area contributed by atoms with Crippen molar-refractivity contribution in [2.75, 3.05) is 7.11 Å². The number of ether oxygens (including phenoxy) is 2. The molecule has 0 fully saturated rings. The summed E-state index contributed by atoms with van der Waals surface area (Å²) in [4.78, 5) is 10.9. The van der Waals surface area contributed by atoms with E-state index < -0.39 is 6.10 Å². The molecule has 0 bridgehead atoms. The number of methoxy groups -OCH3 is 1. The van der Waals surface area contributed by atoms with E-state index >= 15 is 0 Å². The zero-order chi connectivity index (χ0) is 10.6. The Hall–Kier alpha value is -1.51. The van der Waals surface area contributed by atoms with Gasteiger partial charge in [0.2, 0.25) is 0 Å². The minimum atomic E-state index is -0.400. The third kappa shape index (κ3) is 2.76. The molecule has 14 heavy (non-hydrogen) atoms. The van der Waals surface area contributed by atoms with Crippen LogP contribution in [0, 0.1) is 0 Å². The van der Waals surface area contributed by atoms with Crippen molar-refractivity contribution in [3.05, 3.63) is 24.3 Å². The fraction of sp³-hybridized carbons (Fsp3) is 0.364. The lowest BCUT2D eigenvalue weighted by molar-refractivity contribution is -0.122. The van der Waals surface area contributed by atoms with E-state index in [1.54, 1.807) is 38.3 Å². The second-order valence-corrected chi connectivity index (χ2v) is 3.05. The van der Waals surface area contributed by atoms with Crippen LogP contribution in [0.15, 0.2) is 24.3 Å². The Balaban J connectivity index is 2.64. The van der Waals surface area contributed by atoms with Crippen LogP contribution in [0.5, 0.6) is 11.5 Å². The third-order valence-corrected chi connectivity index (χ3v) is 1.94. The van der Waals surface area contributed by atoms with Crippen LogP contribution in [0.3, 0.4) is 0 Å². The molecule has 1 aromatic carbocycles. The predicted octanol–water partition coefficient (Wildman–Crippen LogP) is 2.05. The molecular weight excluding hydrogens is 180 g/mol. The zero-order valence-corrected chi connectivity index (χ0v) is 8.61. The number of carbonyl (C=O) groups is 1. The monoisotopic (exact) mass is 194 g/mol. The molecule has 0 N–H and O–H groups in total. The van der Waals surface area contributed by atoms with E-state index in [0.29, 0.717) is 5.75 Å². The van der Waals surface area contributed by atoms with Gasteiger partial charge in [0, 0.05) is 0 Å². The Morgan fingerprint density at radius 1 is 1.21 bits per heavy atom. The molecule has 0 radical (unpaired) electrons. The van der Waals surface area contributed by atoms with E-state index in [0.717, 1.165) is 5.75 Å². The fourth-order valence-corrected chi connectivity index (χ4v) is 0.941. The molecule has 76 valence electrons. The minimum absolute atomic E-state index is 0.0146. The molecule has 1 atom stereocenters. The van der Waals surface area contributed by atoms with Gasteiger partial charge in [-0.15, -0.1) is 0 Å². The normalized spacial score (nSPS) is 11.9. The van der Waals surface area contributed by atoms with Crippen LogP contribution in [0.2, 0.25) is 0 Å². The lowest BCUT2D eigenvalue weighted by Crippen LogP contribution is -2.20. The molecule has 1 rings (SSSR count). The van der Waals surface area contributed by atoms with E-state index in [2.05, 4.69) is 0 Å². The maximum atomic E-state index is 10.9. The molecule has 0 spiro atoms. The van der Waals surface area contributed by atoms with Crippen molar-refractivity contribution in [1.29, 1.82) is 0 Å². The standard InChI is InChI=1S/C11H14O3/c1-8(12)9(2)14-11-6-4-10(13-3)5-7-11/h4-7,9H,1-3H3. The minimum Gasteiger partial charge on any atom is -0.497 e. The van der Waals surface area contributed by atoms with Crippen LogP contribution >= 0.6 is 0 Å². The summed E-state index contributed by atoms with van der Waals surface area (Å²) in [5, 5.41) is 0. The second-order valence-electron chi connectivity index (χ2n) is 3.05. The predicted molar refractivity (Wildman–Crippen MR) is 53.8 cm³/mol. The molecule has 0 saturated carbocycles. The average molecular weight is 194 g/mol. The molecule has 0 amide bonds. The van der Waals surface area contributed by atoms with E-state index in [1.165, 1.54) is 6.92 Å². The molecule has 3 nitrogen and oxygen atoms in total. The number of carbonyl (C=O) groups excluding carboxylic acids is 1. The number of Topliss-reactive ketones (excluding diaryl/α,β-unsaturated/α-hetero) is 1. The van der Waals surface area contributed by atoms with Crippen LogP contribution in [-0.2, 0) is 4.79 Å². The first-order valence-corrected chi connectivity index (χ1v) is 4.44. The van der Waals surface area contributed by atoms with Crippen molar-refractivity contribution in [1.82, 2.24) is 0 Å². The van der Waals surface area contributed by atoms with Crippen LogP contribution < -0.4 is 9.47 Å². The topological polar surface area (TPSA) is 35.5 Å². The van der Waals surface area contributed by atoms with Crippen molar-refractivity contribution < 1.29 is 14.3 Å². The van der Waals surface area contributed by atoms with Crippen molar-refractivity contribution in [2.45, 2.75) is 20.0 Å². The van der Waals surface area contributed by atoms with Gasteiger partial charge in [-0.25, -0.2) is 0 Å². The first-order valence-electron chi connectivity index (χ1n) is 4.44. The van der Waals surface area contributed by atoms with E-state index in [-0.39, 0.29) is 5.78 Å². The van der Waals surface area contributed by atoms with Gasteiger partial charge < -0.3 is 9.47 Å². The van der Waals surface area contributed by atoms with Crippen molar-refractivity contribution >= 4 is 5.78 Å². The molecule has 0 aliphatic heterocycles. The third-order valence-electron chi connectivity index (χ3n) is 1.94. The summed E-state index contributed by atoms with van der Waals surface area (Å²) in [5.74, 6) is 1.46. The van der Waals surface area contributed by atoms with Crippen molar-refractivity contribution in [2.24, 2.45) is 0 Å². The van der Waals surface area contributed by atoms with E-state index in [4.69, 9.17) is 9.47 Å². The average Bonchev–Trinajstić information content (AvgIpc) is 2.19. The highest BCUT2D eigenvalue weighted by molar-refractivity contribution is 5.80. The van der Waals surface area contributed by atoms with E-state index in [1.807, 2.05) is 0 Å². The highest BCUT2D eigenvalue weighted by Gasteiger charge is 2.08. The summed E-state index contributed by atoms with van der Waals surface area (Å²) in [5.41, 5.74) is 0. The first kappa shape index (κ1) is 10.6. The Morgan fingerprint density at radius 3 is 2.14 bits per heavy atom. The van der Waals surface area contributed by atoms with Gasteiger partial charge in [-0.2, -0.15) is 0 Å². The molecule has 0 heterocycles. The number of hydrogen-bond acceptors (Lipinski definition) is 3. The Kier molecular flexibility index (Phi) is 3.51. The highest BCUT2D eigenvalue weighted by atomic mass is 16.5. The lowest BCUT2D eigenvalue weighted by Gasteiger charge is -2.11. The molecule has 0 aliphatic carbocycles. The maximum absolute atomic E-state index is 10.9.